The van der Waals surface area contributed by atoms with E-state index in [2.05, 4.69) is 17.1 Å². The molecule has 1 saturated heterocycles. The second kappa shape index (κ2) is 6.97. The van der Waals surface area contributed by atoms with E-state index in [-0.39, 0.29) is 5.54 Å². The molecule has 3 fully saturated rings. The summed E-state index contributed by atoms with van der Waals surface area (Å²) < 4.78 is 0. The molecular weight excluding hydrogens is 260 g/mol. The molecule has 2 saturated carbocycles. The second-order valence-electron chi connectivity index (χ2n) is 7.75. The summed E-state index contributed by atoms with van der Waals surface area (Å²) in [4.78, 5) is 2.86. The van der Waals surface area contributed by atoms with Crippen LogP contribution >= 0.6 is 0 Å². The first-order valence-electron chi connectivity index (χ1n) is 9.39. The minimum Gasteiger partial charge on any atom is -0.394 e. The van der Waals surface area contributed by atoms with Gasteiger partial charge in [-0.1, -0.05) is 19.8 Å². The van der Waals surface area contributed by atoms with Crippen LogP contribution in [0.1, 0.15) is 71.1 Å². The average Bonchev–Trinajstić information content (AvgIpc) is 2.97. The molecule has 0 bridgehead atoms. The van der Waals surface area contributed by atoms with E-state index in [4.69, 9.17) is 0 Å². The predicted molar refractivity (Wildman–Crippen MR) is 87.4 cm³/mol. The van der Waals surface area contributed by atoms with Crippen molar-refractivity contribution in [2.45, 2.75) is 88.8 Å². The molecule has 0 aromatic heterocycles. The quantitative estimate of drug-likeness (QED) is 0.818. The van der Waals surface area contributed by atoms with Gasteiger partial charge in [-0.15, -0.1) is 0 Å². The Morgan fingerprint density at radius 1 is 1.14 bits per heavy atom. The van der Waals surface area contributed by atoms with Gasteiger partial charge in [0.2, 0.25) is 0 Å². The molecule has 3 rings (SSSR count). The van der Waals surface area contributed by atoms with Crippen molar-refractivity contribution in [2.75, 3.05) is 19.7 Å². The van der Waals surface area contributed by atoms with Crippen molar-refractivity contribution in [1.82, 2.24) is 10.2 Å². The maximum absolute atomic E-state index is 9.91. The summed E-state index contributed by atoms with van der Waals surface area (Å²) in [5.74, 6) is 0.972. The highest BCUT2D eigenvalue weighted by Crippen LogP contribution is 2.41. The molecule has 3 heteroatoms. The van der Waals surface area contributed by atoms with Crippen molar-refractivity contribution in [3.8, 4) is 0 Å². The zero-order valence-corrected chi connectivity index (χ0v) is 13.8. The molecule has 0 aromatic carbocycles. The van der Waals surface area contributed by atoms with Gasteiger partial charge in [-0.25, -0.2) is 0 Å². The van der Waals surface area contributed by atoms with Crippen LogP contribution in [0.2, 0.25) is 0 Å². The normalized spacial score (nSPS) is 41.1. The van der Waals surface area contributed by atoms with E-state index in [9.17, 15) is 5.11 Å². The smallest absolute Gasteiger partial charge is 0.0613 e. The minimum atomic E-state index is 0.0162. The summed E-state index contributed by atoms with van der Waals surface area (Å²) in [6.07, 6.45) is 13.4. The molecule has 0 radical (unpaired) electrons. The molecule has 2 N–H and O–H groups in total. The first-order chi connectivity index (χ1) is 10.3. The lowest BCUT2D eigenvalue weighted by molar-refractivity contribution is 0.0230. The molecule has 0 aromatic rings. The van der Waals surface area contributed by atoms with Crippen LogP contribution in [0.3, 0.4) is 0 Å². The number of aliphatic hydroxyl groups excluding tert-OH is 1. The SMILES string of the molecule is CCCNC1(CO)CCC(N2CCCC3CCCCC32)C1. The lowest BCUT2D eigenvalue weighted by Crippen LogP contribution is -2.53. The molecule has 3 aliphatic rings. The molecule has 4 unspecified atom stereocenters. The zero-order valence-electron chi connectivity index (χ0n) is 13.8. The van der Waals surface area contributed by atoms with E-state index < -0.39 is 0 Å². The number of fused-ring (bicyclic) bond motifs is 1. The highest BCUT2D eigenvalue weighted by Gasteiger charge is 2.44. The summed E-state index contributed by atoms with van der Waals surface area (Å²) in [7, 11) is 0. The van der Waals surface area contributed by atoms with Gasteiger partial charge >= 0.3 is 0 Å². The third kappa shape index (κ3) is 3.30. The topological polar surface area (TPSA) is 35.5 Å². The number of hydrogen-bond acceptors (Lipinski definition) is 3. The maximum atomic E-state index is 9.91. The van der Waals surface area contributed by atoms with Crippen molar-refractivity contribution in [3.63, 3.8) is 0 Å². The van der Waals surface area contributed by atoms with E-state index in [0.717, 1.165) is 37.8 Å². The summed E-state index contributed by atoms with van der Waals surface area (Å²) in [6.45, 7) is 4.87. The standard InChI is InChI=1S/C18H34N2O/c1-2-11-19-18(14-21)10-9-16(13-18)20-12-5-7-15-6-3-4-8-17(15)20/h15-17,19,21H,2-14H2,1H3. The Hall–Kier alpha value is -0.120. The first kappa shape index (κ1) is 15.8. The predicted octanol–water partition coefficient (Wildman–Crippen LogP) is 2.92. The number of likely N-dealkylation sites (tertiary alicyclic amines) is 1. The van der Waals surface area contributed by atoms with Crippen molar-refractivity contribution >= 4 is 0 Å². The largest absolute Gasteiger partial charge is 0.394 e. The van der Waals surface area contributed by atoms with Gasteiger partial charge in [0.15, 0.2) is 0 Å². The molecule has 0 spiro atoms. The third-order valence-corrected chi connectivity index (χ3v) is 6.39. The van der Waals surface area contributed by atoms with Crippen molar-refractivity contribution in [3.05, 3.63) is 0 Å². The maximum Gasteiger partial charge on any atom is 0.0613 e. The molecule has 1 aliphatic heterocycles. The van der Waals surface area contributed by atoms with Crippen LogP contribution in [0.4, 0.5) is 0 Å². The third-order valence-electron chi connectivity index (χ3n) is 6.39. The van der Waals surface area contributed by atoms with E-state index in [1.807, 2.05) is 0 Å². The van der Waals surface area contributed by atoms with Gasteiger partial charge in [0, 0.05) is 17.6 Å². The van der Waals surface area contributed by atoms with Gasteiger partial charge in [0.1, 0.15) is 0 Å². The van der Waals surface area contributed by atoms with Crippen LogP contribution in [-0.4, -0.2) is 47.3 Å². The number of aliphatic hydroxyl groups is 1. The van der Waals surface area contributed by atoms with Crippen LogP contribution in [-0.2, 0) is 0 Å². The minimum absolute atomic E-state index is 0.0162. The van der Waals surface area contributed by atoms with Gasteiger partial charge in [-0.05, 0) is 70.4 Å². The van der Waals surface area contributed by atoms with Crippen molar-refractivity contribution in [2.24, 2.45) is 5.92 Å². The van der Waals surface area contributed by atoms with Gasteiger partial charge in [-0.3, -0.25) is 4.90 Å². The molecule has 2 aliphatic carbocycles. The highest BCUT2D eigenvalue weighted by atomic mass is 16.3. The Morgan fingerprint density at radius 2 is 1.95 bits per heavy atom. The molecule has 1 heterocycles. The monoisotopic (exact) mass is 294 g/mol. The summed E-state index contributed by atoms with van der Waals surface area (Å²) in [5.41, 5.74) is 0.0162. The Kier molecular flexibility index (Phi) is 5.23. The van der Waals surface area contributed by atoms with E-state index in [1.54, 1.807) is 0 Å². The molecule has 3 nitrogen and oxygen atoms in total. The molecule has 0 amide bonds. The fraction of sp³-hybridized carbons (Fsp3) is 1.00. The van der Waals surface area contributed by atoms with Gasteiger partial charge in [0.25, 0.3) is 0 Å². The Bertz CT molecular complexity index is 333. The molecule has 4 atom stereocenters. The van der Waals surface area contributed by atoms with E-state index >= 15 is 0 Å². The van der Waals surface area contributed by atoms with Crippen LogP contribution in [0.15, 0.2) is 0 Å². The van der Waals surface area contributed by atoms with Crippen LogP contribution < -0.4 is 5.32 Å². The lowest BCUT2D eigenvalue weighted by atomic mass is 9.77. The van der Waals surface area contributed by atoms with Crippen LogP contribution in [0.5, 0.6) is 0 Å². The second-order valence-corrected chi connectivity index (χ2v) is 7.75. The molecular formula is C18H34N2O. The van der Waals surface area contributed by atoms with E-state index in [0.29, 0.717) is 12.6 Å². The number of hydrogen-bond donors (Lipinski definition) is 2. The fourth-order valence-electron chi connectivity index (χ4n) is 5.25. The van der Waals surface area contributed by atoms with Gasteiger partial charge < -0.3 is 10.4 Å². The van der Waals surface area contributed by atoms with Gasteiger partial charge in [-0.2, -0.15) is 0 Å². The summed E-state index contributed by atoms with van der Waals surface area (Å²) in [6, 6.07) is 1.57. The molecule has 122 valence electrons. The van der Waals surface area contributed by atoms with Gasteiger partial charge in [0.05, 0.1) is 6.61 Å². The number of piperidine rings is 1. The Labute approximate surface area is 130 Å². The van der Waals surface area contributed by atoms with E-state index in [1.165, 1.54) is 51.5 Å². The van der Waals surface area contributed by atoms with Crippen molar-refractivity contribution < 1.29 is 5.11 Å². The molecule has 21 heavy (non-hydrogen) atoms. The van der Waals surface area contributed by atoms with Crippen molar-refractivity contribution in [1.29, 1.82) is 0 Å². The van der Waals surface area contributed by atoms with Crippen LogP contribution in [0, 0.1) is 5.92 Å². The Balaban J connectivity index is 1.64. The lowest BCUT2D eigenvalue weighted by Gasteiger charge is -2.47. The van der Waals surface area contributed by atoms with Crippen LogP contribution in [0.25, 0.3) is 0 Å². The highest BCUT2D eigenvalue weighted by molar-refractivity contribution is 5.02. The average molecular weight is 294 g/mol. The first-order valence-corrected chi connectivity index (χ1v) is 9.39. The summed E-state index contributed by atoms with van der Waals surface area (Å²) in [5, 5.41) is 13.6. The Morgan fingerprint density at radius 3 is 2.76 bits per heavy atom. The summed E-state index contributed by atoms with van der Waals surface area (Å²) >= 11 is 0. The number of nitrogens with one attached hydrogen (secondary N) is 1. The zero-order chi connectivity index (χ0) is 14.7. The number of nitrogens with zero attached hydrogens (tertiary/aromatic N) is 1. The fourth-order valence-corrected chi connectivity index (χ4v) is 5.25. The number of rotatable bonds is 5.